The predicted molar refractivity (Wildman–Crippen MR) is 76.8 cm³/mol. The zero-order chi connectivity index (χ0) is 14.7. The number of nitrogens with zero attached hydrogens (tertiary/aromatic N) is 1. The number of likely N-dealkylation sites (N-methyl/N-ethyl adjacent to an activating group) is 1. The molecule has 0 fully saturated rings. The van der Waals surface area contributed by atoms with Crippen molar-refractivity contribution in [3.8, 4) is 11.5 Å². The van der Waals surface area contributed by atoms with Gasteiger partial charge in [0.25, 0.3) is 0 Å². The lowest BCUT2D eigenvalue weighted by Crippen LogP contribution is -2.49. The molecule has 0 saturated carbocycles. The first-order valence-electron chi connectivity index (χ1n) is 6.88. The average Bonchev–Trinajstić information content (AvgIpc) is 2.45. The molecule has 1 aliphatic heterocycles. The van der Waals surface area contributed by atoms with Crippen molar-refractivity contribution in [2.75, 3.05) is 20.2 Å². The second-order valence-corrected chi connectivity index (χ2v) is 5.49. The number of amides is 1. The Bertz CT molecular complexity index is 476. The van der Waals surface area contributed by atoms with Crippen molar-refractivity contribution in [3.63, 3.8) is 0 Å². The maximum absolute atomic E-state index is 12.1. The highest BCUT2D eigenvalue weighted by atomic mass is 16.6. The summed E-state index contributed by atoms with van der Waals surface area (Å²) in [6, 6.07) is 7.06. The standard InChI is InChI=1S/C15H22N2O3/c1-10(2)14(16)15(18)17(3)8-11-9-19-12-6-4-5-7-13(12)20-11/h4-7,10-11,14H,8-9,16H2,1-3H3/t11-,14-/m0/s1. The van der Waals surface area contributed by atoms with Gasteiger partial charge < -0.3 is 20.1 Å². The summed E-state index contributed by atoms with van der Waals surface area (Å²) in [5, 5.41) is 0. The largest absolute Gasteiger partial charge is 0.486 e. The quantitative estimate of drug-likeness (QED) is 0.900. The van der Waals surface area contributed by atoms with E-state index in [9.17, 15) is 4.79 Å². The van der Waals surface area contributed by atoms with Crippen LogP contribution in [0.3, 0.4) is 0 Å². The summed E-state index contributed by atoms with van der Waals surface area (Å²) in [7, 11) is 1.74. The fourth-order valence-electron chi connectivity index (χ4n) is 2.09. The van der Waals surface area contributed by atoms with Gasteiger partial charge in [-0.25, -0.2) is 0 Å². The van der Waals surface area contributed by atoms with Gasteiger partial charge in [-0.3, -0.25) is 4.79 Å². The molecule has 1 heterocycles. The normalized spacial score (nSPS) is 18.8. The van der Waals surface area contributed by atoms with Crippen molar-refractivity contribution in [2.24, 2.45) is 11.7 Å². The minimum Gasteiger partial charge on any atom is -0.486 e. The smallest absolute Gasteiger partial charge is 0.239 e. The number of benzene rings is 1. The second kappa shape index (κ2) is 6.13. The van der Waals surface area contributed by atoms with Crippen LogP contribution in [0.2, 0.25) is 0 Å². The maximum Gasteiger partial charge on any atom is 0.239 e. The number of fused-ring (bicyclic) bond motifs is 1. The Morgan fingerprint density at radius 2 is 2.05 bits per heavy atom. The Labute approximate surface area is 119 Å². The third kappa shape index (κ3) is 3.22. The molecule has 0 bridgehead atoms. The molecule has 2 N–H and O–H groups in total. The molecular formula is C15H22N2O3. The van der Waals surface area contributed by atoms with E-state index < -0.39 is 6.04 Å². The second-order valence-electron chi connectivity index (χ2n) is 5.49. The number of carbonyl (C=O) groups is 1. The van der Waals surface area contributed by atoms with Gasteiger partial charge in [0.2, 0.25) is 5.91 Å². The molecule has 0 saturated heterocycles. The van der Waals surface area contributed by atoms with Crippen LogP contribution >= 0.6 is 0 Å². The molecule has 1 aliphatic rings. The number of ether oxygens (including phenoxy) is 2. The van der Waals surface area contributed by atoms with Crippen LogP contribution in [0.1, 0.15) is 13.8 Å². The molecule has 0 aliphatic carbocycles. The van der Waals surface area contributed by atoms with Crippen LogP contribution in [-0.4, -0.2) is 43.2 Å². The van der Waals surface area contributed by atoms with E-state index in [1.165, 1.54) is 0 Å². The van der Waals surface area contributed by atoms with E-state index in [0.717, 1.165) is 11.5 Å². The van der Waals surface area contributed by atoms with E-state index in [4.69, 9.17) is 15.2 Å². The lowest BCUT2D eigenvalue weighted by Gasteiger charge is -2.31. The van der Waals surface area contributed by atoms with Gasteiger partial charge >= 0.3 is 0 Å². The fourth-order valence-corrected chi connectivity index (χ4v) is 2.09. The number of rotatable bonds is 4. The first-order valence-corrected chi connectivity index (χ1v) is 6.88. The molecule has 2 rings (SSSR count). The van der Waals surface area contributed by atoms with Gasteiger partial charge in [0, 0.05) is 7.05 Å². The first kappa shape index (κ1) is 14.7. The van der Waals surface area contributed by atoms with E-state index in [1.807, 2.05) is 38.1 Å². The molecule has 0 radical (unpaired) electrons. The SMILES string of the molecule is CC(C)[C@H](N)C(=O)N(C)C[C@H]1COc2ccccc2O1. The number of hydrogen-bond donors (Lipinski definition) is 1. The van der Waals surface area contributed by atoms with Crippen molar-refractivity contribution < 1.29 is 14.3 Å². The zero-order valence-corrected chi connectivity index (χ0v) is 12.2. The van der Waals surface area contributed by atoms with Crippen molar-refractivity contribution in [2.45, 2.75) is 26.0 Å². The molecule has 5 heteroatoms. The van der Waals surface area contributed by atoms with E-state index in [-0.39, 0.29) is 17.9 Å². The molecule has 1 aromatic carbocycles. The van der Waals surface area contributed by atoms with Crippen LogP contribution in [0, 0.1) is 5.92 Å². The van der Waals surface area contributed by atoms with Gasteiger partial charge in [-0.15, -0.1) is 0 Å². The van der Waals surface area contributed by atoms with Gasteiger partial charge in [0.05, 0.1) is 12.6 Å². The highest BCUT2D eigenvalue weighted by molar-refractivity contribution is 5.81. The Morgan fingerprint density at radius 3 is 2.70 bits per heavy atom. The molecule has 0 unspecified atom stereocenters. The van der Waals surface area contributed by atoms with Crippen LogP contribution in [0.25, 0.3) is 0 Å². The Balaban J connectivity index is 1.93. The summed E-state index contributed by atoms with van der Waals surface area (Å²) >= 11 is 0. The lowest BCUT2D eigenvalue weighted by atomic mass is 10.0. The molecule has 1 aromatic rings. The number of hydrogen-bond acceptors (Lipinski definition) is 4. The average molecular weight is 278 g/mol. The fraction of sp³-hybridized carbons (Fsp3) is 0.533. The van der Waals surface area contributed by atoms with Gasteiger partial charge in [-0.05, 0) is 18.1 Å². The lowest BCUT2D eigenvalue weighted by molar-refractivity contribution is -0.133. The van der Waals surface area contributed by atoms with E-state index >= 15 is 0 Å². The molecule has 20 heavy (non-hydrogen) atoms. The van der Waals surface area contributed by atoms with Crippen molar-refractivity contribution in [1.29, 1.82) is 0 Å². The molecule has 2 atom stereocenters. The third-order valence-corrected chi connectivity index (χ3v) is 3.42. The van der Waals surface area contributed by atoms with Crippen LogP contribution in [0.4, 0.5) is 0 Å². The third-order valence-electron chi connectivity index (χ3n) is 3.42. The maximum atomic E-state index is 12.1. The van der Waals surface area contributed by atoms with Crippen LogP contribution in [-0.2, 0) is 4.79 Å². The van der Waals surface area contributed by atoms with Gasteiger partial charge in [-0.2, -0.15) is 0 Å². The Hall–Kier alpha value is -1.75. The molecule has 110 valence electrons. The summed E-state index contributed by atoms with van der Waals surface area (Å²) in [6.45, 7) is 4.78. The molecule has 0 aromatic heterocycles. The van der Waals surface area contributed by atoms with Crippen LogP contribution in [0.5, 0.6) is 11.5 Å². The monoisotopic (exact) mass is 278 g/mol. The first-order chi connectivity index (χ1) is 9.49. The van der Waals surface area contributed by atoms with Gasteiger partial charge in [0.15, 0.2) is 17.6 Å². The number of nitrogens with two attached hydrogens (primary N) is 1. The summed E-state index contributed by atoms with van der Waals surface area (Å²) in [4.78, 5) is 13.7. The van der Waals surface area contributed by atoms with Crippen molar-refractivity contribution in [1.82, 2.24) is 4.90 Å². The van der Waals surface area contributed by atoms with Crippen molar-refractivity contribution >= 4 is 5.91 Å². The Morgan fingerprint density at radius 1 is 1.40 bits per heavy atom. The van der Waals surface area contributed by atoms with Gasteiger partial charge in [0.1, 0.15) is 6.61 Å². The topological polar surface area (TPSA) is 64.8 Å². The number of carbonyl (C=O) groups excluding carboxylic acids is 1. The van der Waals surface area contributed by atoms with Crippen molar-refractivity contribution in [3.05, 3.63) is 24.3 Å². The van der Waals surface area contributed by atoms with Crippen LogP contribution < -0.4 is 15.2 Å². The highest BCUT2D eigenvalue weighted by Gasteiger charge is 2.26. The van der Waals surface area contributed by atoms with E-state index in [2.05, 4.69) is 0 Å². The number of para-hydroxylation sites is 2. The summed E-state index contributed by atoms with van der Waals surface area (Å²) in [5.74, 6) is 1.52. The molecule has 0 spiro atoms. The summed E-state index contributed by atoms with van der Waals surface area (Å²) in [5.41, 5.74) is 5.88. The Kier molecular flexibility index (Phi) is 4.49. The van der Waals surface area contributed by atoms with E-state index in [0.29, 0.717) is 13.2 Å². The highest BCUT2D eigenvalue weighted by Crippen LogP contribution is 2.30. The van der Waals surface area contributed by atoms with Crippen LogP contribution in [0.15, 0.2) is 24.3 Å². The summed E-state index contributed by atoms with van der Waals surface area (Å²) < 4.78 is 11.5. The van der Waals surface area contributed by atoms with Gasteiger partial charge in [-0.1, -0.05) is 26.0 Å². The zero-order valence-electron chi connectivity index (χ0n) is 12.2. The minimum absolute atomic E-state index is 0.0672. The van der Waals surface area contributed by atoms with E-state index in [1.54, 1.807) is 11.9 Å². The minimum atomic E-state index is -0.475. The summed E-state index contributed by atoms with van der Waals surface area (Å²) in [6.07, 6.45) is -0.168. The molecule has 5 nitrogen and oxygen atoms in total. The predicted octanol–water partition coefficient (Wildman–Crippen LogP) is 1.27. The molecule has 1 amide bonds. The molecular weight excluding hydrogens is 256 g/mol.